The van der Waals surface area contributed by atoms with E-state index in [2.05, 4.69) is 10.3 Å². The number of nitrogens with one attached hydrogen (secondary N) is 1. The third-order valence-electron chi connectivity index (χ3n) is 3.67. The first-order chi connectivity index (χ1) is 13.0. The first-order valence-electron chi connectivity index (χ1n) is 8.27. The molecule has 1 heterocycles. The number of halogens is 1. The van der Waals surface area contributed by atoms with Crippen molar-refractivity contribution in [2.45, 2.75) is 19.4 Å². The van der Waals surface area contributed by atoms with Gasteiger partial charge in [-0.15, -0.1) is 11.3 Å². The molecule has 1 unspecified atom stereocenters. The van der Waals surface area contributed by atoms with Crippen LogP contribution in [-0.2, 0) is 20.7 Å². The Morgan fingerprint density at radius 1 is 1.19 bits per heavy atom. The highest BCUT2D eigenvalue weighted by molar-refractivity contribution is 7.13. The second kappa shape index (κ2) is 8.55. The average molecular weight is 384 g/mol. The minimum absolute atomic E-state index is 0.0607. The molecule has 3 rings (SSSR count). The van der Waals surface area contributed by atoms with Crippen LogP contribution in [0.25, 0.3) is 10.6 Å². The van der Waals surface area contributed by atoms with Gasteiger partial charge < -0.3 is 10.1 Å². The van der Waals surface area contributed by atoms with Crippen LogP contribution in [0.15, 0.2) is 60.0 Å². The highest BCUT2D eigenvalue weighted by atomic mass is 32.1. The number of para-hydroxylation sites is 1. The summed E-state index contributed by atoms with van der Waals surface area (Å²) in [4.78, 5) is 28.5. The average Bonchev–Trinajstić information content (AvgIpc) is 3.11. The standard InChI is InChI=1S/C20H17FN2O3S/c1-13(19(25)22-16-8-3-2-4-9-16)26-18(24)11-17-12-27-20(23-17)14-6-5-7-15(21)10-14/h2-10,12-13H,11H2,1H3,(H,22,25). The van der Waals surface area contributed by atoms with E-state index in [-0.39, 0.29) is 12.2 Å². The number of amides is 1. The molecule has 5 nitrogen and oxygen atoms in total. The molecule has 0 radical (unpaired) electrons. The lowest BCUT2D eigenvalue weighted by atomic mass is 10.2. The molecule has 1 amide bonds. The molecule has 7 heteroatoms. The predicted molar refractivity (Wildman–Crippen MR) is 102 cm³/mol. The van der Waals surface area contributed by atoms with Crippen molar-refractivity contribution in [2.24, 2.45) is 0 Å². The maximum atomic E-state index is 13.3. The molecule has 0 aliphatic carbocycles. The van der Waals surface area contributed by atoms with Gasteiger partial charge in [0.1, 0.15) is 10.8 Å². The number of nitrogens with zero attached hydrogens (tertiary/aromatic N) is 1. The SMILES string of the molecule is CC(OC(=O)Cc1csc(-c2cccc(F)c2)n1)C(=O)Nc1ccccc1. The molecule has 0 saturated carbocycles. The second-order valence-electron chi connectivity index (χ2n) is 5.82. The van der Waals surface area contributed by atoms with E-state index in [9.17, 15) is 14.0 Å². The van der Waals surface area contributed by atoms with Gasteiger partial charge in [0, 0.05) is 16.6 Å². The zero-order valence-corrected chi connectivity index (χ0v) is 15.3. The summed E-state index contributed by atoms with van der Waals surface area (Å²) in [6, 6.07) is 15.0. The molecule has 2 aromatic carbocycles. The second-order valence-corrected chi connectivity index (χ2v) is 6.68. The molecule has 0 bridgehead atoms. The Bertz CT molecular complexity index is 943. The van der Waals surface area contributed by atoms with Crippen LogP contribution >= 0.6 is 11.3 Å². The first kappa shape index (κ1) is 18.7. The number of aromatic nitrogens is 1. The first-order valence-corrected chi connectivity index (χ1v) is 9.15. The molecular formula is C20H17FN2O3S. The van der Waals surface area contributed by atoms with E-state index in [0.717, 1.165) is 0 Å². The van der Waals surface area contributed by atoms with E-state index in [1.807, 2.05) is 6.07 Å². The molecule has 0 saturated heterocycles. The van der Waals surface area contributed by atoms with E-state index in [1.165, 1.54) is 30.4 Å². The quantitative estimate of drug-likeness (QED) is 0.651. The van der Waals surface area contributed by atoms with Crippen LogP contribution in [-0.4, -0.2) is 23.0 Å². The number of carbonyl (C=O) groups is 2. The number of ether oxygens (including phenoxy) is 1. The van der Waals surface area contributed by atoms with Crippen LogP contribution in [0.2, 0.25) is 0 Å². The smallest absolute Gasteiger partial charge is 0.312 e. The van der Waals surface area contributed by atoms with Crippen LogP contribution < -0.4 is 5.32 Å². The van der Waals surface area contributed by atoms with Gasteiger partial charge in [0.15, 0.2) is 6.10 Å². The monoisotopic (exact) mass is 384 g/mol. The van der Waals surface area contributed by atoms with Gasteiger partial charge in [-0.2, -0.15) is 0 Å². The lowest BCUT2D eigenvalue weighted by molar-refractivity contribution is -0.152. The van der Waals surface area contributed by atoms with E-state index < -0.39 is 18.0 Å². The van der Waals surface area contributed by atoms with Gasteiger partial charge in [-0.1, -0.05) is 30.3 Å². The Kier molecular flexibility index (Phi) is 5.93. The van der Waals surface area contributed by atoms with Crippen molar-refractivity contribution in [1.29, 1.82) is 0 Å². The Labute approximate surface area is 159 Å². The van der Waals surface area contributed by atoms with E-state index in [4.69, 9.17) is 4.74 Å². The molecule has 138 valence electrons. The number of carbonyl (C=O) groups excluding carboxylic acids is 2. The van der Waals surface area contributed by atoms with Gasteiger partial charge in [0.2, 0.25) is 0 Å². The fourth-order valence-corrected chi connectivity index (χ4v) is 3.16. The number of benzene rings is 2. The summed E-state index contributed by atoms with van der Waals surface area (Å²) >= 11 is 1.32. The molecule has 0 fully saturated rings. The maximum Gasteiger partial charge on any atom is 0.312 e. The van der Waals surface area contributed by atoms with Crippen molar-refractivity contribution in [1.82, 2.24) is 4.98 Å². The summed E-state index contributed by atoms with van der Waals surface area (Å²) in [5.41, 5.74) is 1.79. The van der Waals surface area contributed by atoms with Gasteiger partial charge >= 0.3 is 5.97 Å². The van der Waals surface area contributed by atoms with E-state index in [0.29, 0.717) is 22.0 Å². The van der Waals surface area contributed by atoms with Gasteiger partial charge in [-0.25, -0.2) is 9.37 Å². The van der Waals surface area contributed by atoms with Crippen LogP contribution in [0.1, 0.15) is 12.6 Å². The van der Waals surface area contributed by atoms with Gasteiger partial charge in [-0.05, 0) is 31.2 Å². The van der Waals surface area contributed by atoms with Crippen molar-refractivity contribution >= 4 is 28.9 Å². The van der Waals surface area contributed by atoms with Crippen molar-refractivity contribution in [3.63, 3.8) is 0 Å². The Morgan fingerprint density at radius 2 is 1.96 bits per heavy atom. The summed E-state index contributed by atoms with van der Waals surface area (Å²) < 4.78 is 18.5. The molecule has 0 aliphatic heterocycles. The minimum atomic E-state index is -0.931. The number of rotatable bonds is 6. The van der Waals surface area contributed by atoms with Crippen molar-refractivity contribution in [2.75, 3.05) is 5.32 Å². The summed E-state index contributed by atoms with van der Waals surface area (Å²) in [6.45, 7) is 1.51. The number of esters is 1. The summed E-state index contributed by atoms with van der Waals surface area (Å²) in [6.07, 6.45) is -0.992. The molecule has 0 aliphatic rings. The topological polar surface area (TPSA) is 68.3 Å². The highest BCUT2D eigenvalue weighted by Gasteiger charge is 2.19. The summed E-state index contributed by atoms with van der Waals surface area (Å²) in [5, 5.41) is 5.01. The van der Waals surface area contributed by atoms with Crippen LogP contribution in [0.5, 0.6) is 0 Å². The largest absolute Gasteiger partial charge is 0.452 e. The Hall–Kier alpha value is -3.06. The fourth-order valence-electron chi connectivity index (χ4n) is 2.35. The summed E-state index contributed by atoms with van der Waals surface area (Å²) in [7, 11) is 0. The minimum Gasteiger partial charge on any atom is -0.452 e. The number of hydrogen-bond acceptors (Lipinski definition) is 5. The van der Waals surface area contributed by atoms with Gasteiger partial charge in [0.05, 0.1) is 12.1 Å². The lowest BCUT2D eigenvalue weighted by Crippen LogP contribution is -2.30. The fraction of sp³-hybridized carbons (Fsp3) is 0.150. The third kappa shape index (κ3) is 5.21. The van der Waals surface area contributed by atoms with Crippen LogP contribution in [0.3, 0.4) is 0 Å². The molecule has 0 spiro atoms. The lowest BCUT2D eigenvalue weighted by Gasteiger charge is -2.13. The predicted octanol–water partition coefficient (Wildman–Crippen LogP) is 4.06. The normalized spacial score (nSPS) is 11.6. The van der Waals surface area contributed by atoms with Crippen molar-refractivity contribution in [3.05, 3.63) is 71.5 Å². The number of thiazole rings is 1. The van der Waals surface area contributed by atoms with Crippen molar-refractivity contribution in [3.8, 4) is 10.6 Å². The highest BCUT2D eigenvalue weighted by Crippen LogP contribution is 2.24. The maximum absolute atomic E-state index is 13.3. The zero-order valence-electron chi connectivity index (χ0n) is 14.5. The van der Waals surface area contributed by atoms with Crippen molar-refractivity contribution < 1.29 is 18.7 Å². The van der Waals surface area contributed by atoms with E-state index in [1.54, 1.807) is 41.8 Å². The Balaban J connectivity index is 1.55. The van der Waals surface area contributed by atoms with Gasteiger partial charge in [0.25, 0.3) is 5.91 Å². The summed E-state index contributed by atoms with van der Waals surface area (Å²) in [5.74, 6) is -1.31. The molecular weight excluding hydrogens is 367 g/mol. The molecule has 1 aromatic heterocycles. The van der Waals surface area contributed by atoms with Gasteiger partial charge in [-0.3, -0.25) is 9.59 Å². The number of hydrogen-bond donors (Lipinski definition) is 1. The third-order valence-corrected chi connectivity index (χ3v) is 4.61. The van der Waals surface area contributed by atoms with Crippen LogP contribution in [0.4, 0.5) is 10.1 Å². The van der Waals surface area contributed by atoms with Crippen LogP contribution in [0, 0.1) is 5.82 Å². The molecule has 3 aromatic rings. The number of anilines is 1. The molecule has 1 N–H and O–H groups in total. The molecule has 27 heavy (non-hydrogen) atoms. The van der Waals surface area contributed by atoms with E-state index >= 15 is 0 Å². The Morgan fingerprint density at radius 3 is 2.70 bits per heavy atom. The zero-order chi connectivity index (χ0) is 19.2. The molecule has 1 atom stereocenters.